The molecule has 5 aromatic rings. The van der Waals surface area contributed by atoms with Gasteiger partial charge in [-0.2, -0.15) is 0 Å². The normalized spacial score (nSPS) is 18.9. The van der Waals surface area contributed by atoms with Crippen LogP contribution < -0.4 is 10.6 Å². The summed E-state index contributed by atoms with van der Waals surface area (Å²) < 4.78 is 20.3. The van der Waals surface area contributed by atoms with Crippen LogP contribution in [0.15, 0.2) is 54.9 Å². The Kier molecular flexibility index (Phi) is 11.9. The highest BCUT2D eigenvalue weighted by Crippen LogP contribution is 2.35. The van der Waals surface area contributed by atoms with E-state index in [1.54, 1.807) is 36.0 Å². The van der Waals surface area contributed by atoms with E-state index in [-0.39, 0.29) is 23.9 Å². The SMILES string of the molecule is COC(=O)NC(C(=O)N1CCCC1c1ncc(-c2ccc3cc(-c4cnc5nc(C6CCCN6C(=O)C(NC(=O)OC)C(C)OC)[nH]c5c4)ccc3c2)[nH]1)C(C)OC. The molecule has 4 amide bonds. The summed E-state index contributed by atoms with van der Waals surface area (Å²) in [6.07, 6.45) is 4.06. The molecule has 0 bridgehead atoms. The molecule has 2 aliphatic rings. The lowest BCUT2D eigenvalue weighted by atomic mass is 10.00. The lowest BCUT2D eigenvalue weighted by molar-refractivity contribution is -0.138. The number of imidazole rings is 2. The van der Waals surface area contributed by atoms with E-state index >= 15 is 0 Å². The number of methoxy groups -OCH3 is 4. The lowest BCUT2D eigenvalue weighted by Crippen LogP contribution is -2.54. The van der Waals surface area contributed by atoms with E-state index in [1.165, 1.54) is 28.4 Å². The number of carbonyl (C=O) groups is 4. The Morgan fingerprint density at radius 2 is 1.24 bits per heavy atom. The van der Waals surface area contributed by atoms with Gasteiger partial charge in [0.1, 0.15) is 23.7 Å². The summed E-state index contributed by atoms with van der Waals surface area (Å²) in [6.45, 7) is 4.50. The summed E-state index contributed by atoms with van der Waals surface area (Å²) in [5, 5.41) is 7.31. The molecule has 2 aliphatic heterocycles. The summed E-state index contributed by atoms with van der Waals surface area (Å²) >= 11 is 0. The Labute approximate surface area is 335 Å². The molecule has 0 spiro atoms. The molecule has 6 unspecified atom stereocenters. The topological polar surface area (TPSA) is 206 Å². The third-order valence-corrected chi connectivity index (χ3v) is 11.3. The Hall–Kier alpha value is -6.07. The number of fused-ring (bicyclic) bond motifs is 2. The van der Waals surface area contributed by atoms with Gasteiger partial charge in [-0.1, -0.05) is 24.3 Å². The monoisotopic (exact) mass is 795 g/mol. The molecule has 2 saturated heterocycles. The van der Waals surface area contributed by atoms with E-state index < -0.39 is 36.5 Å². The number of alkyl carbamates (subject to hydrolysis) is 2. The molecule has 7 rings (SSSR count). The van der Waals surface area contributed by atoms with Crippen LogP contribution >= 0.6 is 0 Å². The van der Waals surface area contributed by atoms with Crippen LogP contribution in [0.25, 0.3) is 44.3 Å². The predicted molar refractivity (Wildman–Crippen MR) is 213 cm³/mol. The van der Waals surface area contributed by atoms with Gasteiger partial charge in [0.2, 0.25) is 11.8 Å². The molecule has 306 valence electrons. The second kappa shape index (κ2) is 17.2. The second-order valence-electron chi connectivity index (χ2n) is 14.7. The minimum Gasteiger partial charge on any atom is -0.453 e. The van der Waals surface area contributed by atoms with Gasteiger partial charge in [-0.25, -0.2) is 24.5 Å². The van der Waals surface area contributed by atoms with Gasteiger partial charge in [0, 0.05) is 44.6 Å². The first-order chi connectivity index (χ1) is 28.0. The number of benzene rings is 2. The largest absolute Gasteiger partial charge is 0.453 e. The summed E-state index contributed by atoms with van der Waals surface area (Å²) in [5.74, 6) is 0.784. The standard InChI is InChI=1S/C41H49N9O8/c1-22(55-3)33(46-40(53)57-5)38(51)49-15-7-9-31(49)36-43-21-30(45-36)27-14-13-24-17-26(12-11-25(24)18-27)28-19-29-35(42-20-28)48-37(44-29)32-10-8-16-50(32)39(52)34(23(2)56-4)47-41(54)58-6/h11-14,17-23,31-34H,7-10,15-16H2,1-6H3,(H,43,45)(H,46,53)(H,47,54)(H,42,44,48). The maximum Gasteiger partial charge on any atom is 0.407 e. The van der Waals surface area contributed by atoms with Gasteiger partial charge in [0.05, 0.1) is 55.9 Å². The molecule has 0 aliphatic carbocycles. The zero-order valence-corrected chi connectivity index (χ0v) is 33.4. The van der Waals surface area contributed by atoms with Crippen LogP contribution in [0.1, 0.15) is 63.3 Å². The highest BCUT2D eigenvalue weighted by Gasteiger charge is 2.40. The Balaban J connectivity index is 1.07. The molecule has 17 nitrogen and oxygen atoms in total. The predicted octanol–water partition coefficient (Wildman–Crippen LogP) is 5.01. The van der Waals surface area contributed by atoms with Crippen molar-refractivity contribution in [2.24, 2.45) is 0 Å². The average Bonchev–Trinajstić information content (AvgIpc) is 4.09. The van der Waals surface area contributed by atoms with Gasteiger partial charge in [-0.3, -0.25) is 9.59 Å². The van der Waals surface area contributed by atoms with Crippen molar-refractivity contribution in [2.45, 2.75) is 75.9 Å². The van der Waals surface area contributed by atoms with Crippen LogP contribution in [0.4, 0.5) is 9.59 Å². The van der Waals surface area contributed by atoms with E-state index in [1.807, 2.05) is 12.1 Å². The van der Waals surface area contributed by atoms with E-state index in [0.29, 0.717) is 36.8 Å². The molecule has 5 heterocycles. The van der Waals surface area contributed by atoms with Crippen LogP contribution in [0.5, 0.6) is 0 Å². The van der Waals surface area contributed by atoms with Crippen LogP contribution in [0.3, 0.4) is 0 Å². The molecule has 2 fully saturated rings. The van der Waals surface area contributed by atoms with Crippen molar-refractivity contribution in [1.82, 2.24) is 45.4 Å². The number of nitrogens with one attached hydrogen (secondary N) is 4. The maximum absolute atomic E-state index is 13.7. The summed E-state index contributed by atoms with van der Waals surface area (Å²) in [7, 11) is 5.49. The molecule has 3 aromatic heterocycles. The van der Waals surface area contributed by atoms with E-state index in [2.05, 4.69) is 60.9 Å². The van der Waals surface area contributed by atoms with Crippen molar-refractivity contribution in [3.8, 4) is 22.4 Å². The minimum absolute atomic E-state index is 0.256. The van der Waals surface area contributed by atoms with E-state index in [9.17, 15) is 19.2 Å². The number of aromatic amines is 2. The number of rotatable bonds is 12. The van der Waals surface area contributed by atoms with Crippen LogP contribution in [0.2, 0.25) is 0 Å². The summed E-state index contributed by atoms with van der Waals surface area (Å²) in [5.41, 5.74) is 4.95. The van der Waals surface area contributed by atoms with Gasteiger partial charge >= 0.3 is 12.2 Å². The van der Waals surface area contributed by atoms with Gasteiger partial charge in [0.15, 0.2) is 5.65 Å². The number of carbonyl (C=O) groups excluding carboxylic acids is 4. The molecule has 6 atom stereocenters. The number of likely N-dealkylation sites (tertiary alicyclic amines) is 2. The molecule has 0 saturated carbocycles. The zero-order valence-electron chi connectivity index (χ0n) is 33.4. The quantitative estimate of drug-likeness (QED) is 0.132. The Morgan fingerprint density at radius 3 is 1.81 bits per heavy atom. The molecular formula is C41H49N9O8. The van der Waals surface area contributed by atoms with Crippen molar-refractivity contribution in [2.75, 3.05) is 41.5 Å². The first kappa shape index (κ1) is 40.1. The van der Waals surface area contributed by atoms with E-state index in [0.717, 1.165) is 57.9 Å². The van der Waals surface area contributed by atoms with Crippen molar-refractivity contribution < 1.29 is 38.1 Å². The van der Waals surface area contributed by atoms with Crippen molar-refractivity contribution in [1.29, 1.82) is 0 Å². The average molecular weight is 796 g/mol. The van der Waals surface area contributed by atoms with Crippen molar-refractivity contribution >= 4 is 45.9 Å². The molecule has 4 N–H and O–H groups in total. The number of hydrogen-bond acceptors (Lipinski definition) is 11. The third-order valence-electron chi connectivity index (χ3n) is 11.3. The Morgan fingerprint density at radius 1 is 0.690 bits per heavy atom. The fourth-order valence-corrected chi connectivity index (χ4v) is 7.87. The summed E-state index contributed by atoms with van der Waals surface area (Å²) in [6, 6.07) is 12.0. The molecule has 58 heavy (non-hydrogen) atoms. The molecule has 0 radical (unpaired) electrons. The minimum atomic E-state index is -0.920. The number of pyridine rings is 1. The smallest absolute Gasteiger partial charge is 0.407 e. The number of aromatic nitrogens is 5. The number of hydrogen-bond donors (Lipinski definition) is 4. The van der Waals surface area contributed by atoms with Crippen molar-refractivity contribution in [3.63, 3.8) is 0 Å². The molecule has 17 heteroatoms. The van der Waals surface area contributed by atoms with Crippen LogP contribution in [0, 0.1) is 0 Å². The van der Waals surface area contributed by atoms with Crippen LogP contribution in [-0.4, -0.2) is 125 Å². The van der Waals surface area contributed by atoms with Gasteiger partial charge < -0.3 is 49.3 Å². The lowest BCUT2D eigenvalue weighted by Gasteiger charge is -2.30. The molecular weight excluding hydrogens is 747 g/mol. The first-order valence-electron chi connectivity index (χ1n) is 19.3. The number of ether oxygens (including phenoxy) is 4. The Bertz CT molecular complexity index is 2310. The zero-order chi connectivity index (χ0) is 41.1. The summed E-state index contributed by atoms with van der Waals surface area (Å²) in [4.78, 5) is 75.9. The first-order valence-corrected chi connectivity index (χ1v) is 19.3. The highest BCUT2D eigenvalue weighted by molar-refractivity contribution is 5.92. The van der Waals surface area contributed by atoms with Gasteiger partial charge in [-0.05, 0) is 74.1 Å². The van der Waals surface area contributed by atoms with E-state index in [4.69, 9.17) is 23.9 Å². The highest BCUT2D eigenvalue weighted by atomic mass is 16.5. The maximum atomic E-state index is 13.7. The number of H-pyrrole nitrogens is 2. The number of nitrogens with zero attached hydrogens (tertiary/aromatic N) is 5. The fourth-order valence-electron chi connectivity index (χ4n) is 7.87. The second-order valence-corrected chi connectivity index (χ2v) is 14.7. The van der Waals surface area contributed by atoms with Gasteiger partial charge in [-0.15, -0.1) is 0 Å². The molecule has 2 aromatic carbocycles. The number of amides is 4. The van der Waals surface area contributed by atoms with Gasteiger partial charge in [0.25, 0.3) is 0 Å². The fraction of sp³-hybridized carbons (Fsp3) is 0.439. The van der Waals surface area contributed by atoms with Crippen molar-refractivity contribution in [3.05, 3.63) is 66.5 Å². The third kappa shape index (κ3) is 8.04. The van der Waals surface area contributed by atoms with Crippen LogP contribution in [-0.2, 0) is 28.5 Å².